The minimum Gasteiger partial charge on any atom is -0.327 e. The van der Waals surface area contributed by atoms with Crippen molar-refractivity contribution >= 4 is 11.8 Å². The van der Waals surface area contributed by atoms with E-state index in [1.165, 1.54) is 32.1 Å². The van der Waals surface area contributed by atoms with Crippen LogP contribution >= 0.6 is 11.8 Å². The maximum Gasteiger partial charge on any atom is 0.0116 e. The van der Waals surface area contributed by atoms with Crippen LogP contribution in [0.1, 0.15) is 32.1 Å². The van der Waals surface area contributed by atoms with Gasteiger partial charge in [-0.05, 0) is 12.8 Å². The maximum atomic E-state index is 5.35. The predicted octanol–water partition coefficient (Wildman–Crippen LogP) is 2.57. The molecule has 1 nitrogen and oxygen atoms in total. The molecule has 1 aliphatic carbocycles. The fourth-order valence-corrected chi connectivity index (χ4v) is 2.77. The van der Waals surface area contributed by atoms with E-state index in [0.717, 1.165) is 11.0 Å². The van der Waals surface area contributed by atoms with Gasteiger partial charge >= 0.3 is 0 Å². The molecule has 0 bridgehead atoms. The normalized spacial score (nSPS) is 20.4. The molecule has 1 fully saturated rings. The van der Waals surface area contributed by atoms with Gasteiger partial charge < -0.3 is 5.73 Å². The summed E-state index contributed by atoms with van der Waals surface area (Å²) < 4.78 is 0. The fraction of sp³-hybridized carbons (Fsp3) is 0.800. The van der Waals surface area contributed by atoms with Gasteiger partial charge in [0.2, 0.25) is 0 Å². The molecule has 0 aliphatic heterocycles. The molecule has 2 heteroatoms. The summed E-state index contributed by atoms with van der Waals surface area (Å²) in [6.45, 7) is 0.686. The van der Waals surface area contributed by atoms with Gasteiger partial charge in [-0.2, -0.15) is 11.8 Å². The Morgan fingerprint density at radius 1 is 1.17 bits per heavy atom. The Balaban J connectivity index is 2.01. The fourth-order valence-electron chi connectivity index (χ4n) is 1.59. The van der Waals surface area contributed by atoms with Crippen LogP contribution in [0.2, 0.25) is 0 Å². The number of nitrogens with two attached hydrogens (primary N) is 1. The Kier molecular flexibility index (Phi) is 5.53. The monoisotopic (exact) mass is 185 g/mol. The molecule has 0 saturated heterocycles. The summed E-state index contributed by atoms with van der Waals surface area (Å²) in [7, 11) is 0. The zero-order valence-electron chi connectivity index (χ0n) is 7.67. The SMILES string of the molecule is NCC=CCSC1CCCCC1. The minimum atomic E-state index is 0.686. The molecule has 0 amide bonds. The van der Waals surface area contributed by atoms with E-state index in [1.807, 2.05) is 0 Å². The van der Waals surface area contributed by atoms with Gasteiger partial charge in [0, 0.05) is 17.5 Å². The van der Waals surface area contributed by atoms with Gasteiger partial charge in [-0.25, -0.2) is 0 Å². The molecule has 0 unspecified atom stereocenters. The molecule has 0 heterocycles. The molecule has 0 aromatic carbocycles. The van der Waals surface area contributed by atoms with Crippen LogP contribution in [0.5, 0.6) is 0 Å². The van der Waals surface area contributed by atoms with Crippen LogP contribution in [-0.4, -0.2) is 17.5 Å². The van der Waals surface area contributed by atoms with Crippen molar-refractivity contribution in [2.45, 2.75) is 37.4 Å². The predicted molar refractivity (Wildman–Crippen MR) is 57.5 cm³/mol. The summed E-state index contributed by atoms with van der Waals surface area (Å²) in [5.74, 6) is 1.15. The third-order valence-corrected chi connectivity index (χ3v) is 3.61. The molecule has 0 spiro atoms. The van der Waals surface area contributed by atoms with Crippen LogP contribution in [0.25, 0.3) is 0 Å². The lowest BCUT2D eigenvalue weighted by atomic mass is 10.0. The van der Waals surface area contributed by atoms with Gasteiger partial charge in [0.1, 0.15) is 0 Å². The van der Waals surface area contributed by atoms with Gasteiger partial charge in [-0.3, -0.25) is 0 Å². The molecule has 0 aromatic rings. The number of thioether (sulfide) groups is 1. The summed E-state index contributed by atoms with van der Waals surface area (Å²) in [6, 6.07) is 0. The average molecular weight is 185 g/mol. The van der Waals surface area contributed by atoms with Crippen molar-refractivity contribution in [3.63, 3.8) is 0 Å². The molecular weight excluding hydrogens is 166 g/mol. The molecule has 70 valence electrons. The maximum absolute atomic E-state index is 5.35. The second-order valence-electron chi connectivity index (χ2n) is 3.30. The van der Waals surface area contributed by atoms with E-state index in [0.29, 0.717) is 6.54 Å². The Morgan fingerprint density at radius 3 is 2.58 bits per heavy atom. The van der Waals surface area contributed by atoms with Gasteiger partial charge in [0.05, 0.1) is 0 Å². The van der Waals surface area contributed by atoms with Crippen molar-refractivity contribution in [1.29, 1.82) is 0 Å². The molecule has 1 aliphatic rings. The third-order valence-electron chi connectivity index (χ3n) is 2.28. The summed E-state index contributed by atoms with van der Waals surface area (Å²) in [5.41, 5.74) is 5.35. The Labute approximate surface area is 79.8 Å². The van der Waals surface area contributed by atoms with E-state index in [-0.39, 0.29) is 0 Å². The Bertz CT molecular complexity index is 128. The molecule has 1 rings (SSSR count). The van der Waals surface area contributed by atoms with E-state index in [2.05, 4.69) is 23.9 Å². The Hall–Kier alpha value is 0.0500. The number of hydrogen-bond acceptors (Lipinski definition) is 2. The van der Waals surface area contributed by atoms with Crippen LogP contribution in [-0.2, 0) is 0 Å². The van der Waals surface area contributed by atoms with Crippen LogP contribution in [0.4, 0.5) is 0 Å². The molecule has 0 atom stereocenters. The smallest absolute Gasteiger partial charge is 0.0116 e. The molecule has 0 radical (unpaired) electrons. The van der Waals surface area contributed by atoms with Crippen molar-refractivity contribution in [2.24, 2.45) is 5.73 Å². The molecule has 2 N–H and O–H groups in total. The first-order chi connectivity index (χ1) is 5.93. The van der Waals surface area contributed by atoms with Gasteiger partial charge in [-0.1, -0.05) is 31.4 Å². The zero-order chi connectivity index (χ0) is 8.65. The number of hydrogen-bond donors (Lipinski definition) is 1. The minimum absolute atomic E-state index is 0.686. The number of rotatable bonds is 4. The third kappa shape index (κ3) is 4.17. The molecule has 0 aromatic heterocycles. The molecule has 1 saturated carbocycles. The van der Waals surface area contributed by atoms with Crippen molar-refractivity contribution in [3.8, 4) is 0 Å². The average Bonchev–Trinajstić information content (AvgIpc) is 2.14. The summed E-state index contributed by atoms with van der Waals surface area (Å²) in [4.78, 5) is 0. The second-order valence-corrected chi connectivity index (χ2v) is 4.63. The lowest BCUT2D eigenvalue weighted by molar-refractivity contribution is 0.516. The van der Waals surface area contributed by atoms with Crippen molar-refractivity contribution in [2.75, 3.05) is 12.3 Å². The van der Waals surface area contributed by atoms with Crippen LogP contribution < -0.4 is 5.73 Å². The van der Waals surface area contributed by atoms with Crippen LogP contribution in [0.3, 0.4) is 0 Å². The van der Waals surface area contributed by atoms with E-state index < -0.39 is 0 Å². The van der Waals surface area contributed by atoms with E-state index in [1.54, 1.807) is 0 Å². The highest BCUT2D eigenvalue weighted by Gasteiger charge is 2.12. The van der Waals surface area contributed by atoms with Crippen molar-refractivity contribution in [3.05, 3.63) is 12.2 Å². The molecular formula is C10H19NS. The lowest BCUT2D eigenvalue weighted by Crippen LogP contribution is -2.08. The second kappa shape index (κ2) is 6.55. The highest BCUT2D eigenvalue weighted by Crippen LogP contribution is 2.27. The van der Waals surface area contributed by atoms with Gasteiger partial charge in [0.25, 0.3) is 0 Å². The quantitative estimate of drug-likeness (QED) is 0.681. The van der Waals surface area contributed by atoms with Crippen molar-refractivity contribution in [1.82, 2.24) is 0 Å². The van der Waals surface area contributed by atoms with E-state index in [9.17, 15) is 0 Å². The van der Waals surface area contributed by atoms with Crippen LogP contribution in [0.15, 0.2) is 12.2 Å². The Morgan fingerprint density at radius 2 is 1.92 bits per heavy atom. The summed E-state index contributed by atoms with van der Waals surface area (Å²) in [5, 5.41) is 0.932. The van der Waals surface area contributed by atoms with Crippen LogP contribution in [0, 0.1) is 0 Å². The lowest BCUT2D eigenvalue weighted by Gasteiger charge is -2.20. The first-order valence-corrected chi connectivity index (χ1v) is 5.95. The first kappa shape index (κ1) is 10.1. The van der Waals surface area contributed by atoms with Gasteiger partial charge in [0.15, 0.2) is 0 Å². The zero-order valence-corrected chi connectivity index (χ0v) is 8.48. The topological polar surface area (TPSA) is 26.0 Å². The van der Waals surface area contributed by atoms with E-state index >= 15 is 0 Å². The van der Waals surface area contributed by atoms with E-state index in [4.69, 9.17) is 5.73 Å². The standard InChI is InChI=1S/C10H19NS/c11-8-4-5-9-12-10-6-2-1-3-7-10/h4-5,10H,1-3,6-9,11H2. The highest BCUT2D eigenvalue weighted by atomic mass is 32.2. The highest BCUT2D eigenvalue weighted by molar-refractivity contribution is 8.00. The first-order valence-electron chi connectivity index (χ1n) is 4.90. The summed E-state index contributed by atoms with van der Waals surface area (Å²) in [6.07, 6.45) is 11.4. The van der Waals surface area contributed by atoms with Gasteiger partial charge in [-0.15, -0.1) is 0 Å². The molecule has 12 heavy (non-hydrogen) atoms. The summed E-state index contributed by atoms with van der Waals surface area (Å²) >= 11 is 2.09. The van der Waals surface area contributed by atoms with Crippen molar-refractivity contribution < 1.29 is 0 Å². The largest absolute Gasteiger partial charge is 0.327 e.